The number of rotatable bonds is 2. The van der Waals surface area contributed by atoms with Crippen molar-refractivity contribution in [3.8, 4) is 5.75 Å². The third kappa shape index (κ3) is 2.28. The number of benzene rings is 2. The highest BCUT2D eigenvalue weighted by atomic mass is 35.5. The van der Waals surface area contributed by atoms with Gasteiger partial charge in [0.1, 0.15) is 10.8 Å². The van der Waals surface area contributed by atoms with Gasteiger partial charge >= 0.3 is 0 Å². The number of phenols is 1. The zero-order valence-corrected chi connectivity index (χ0v) is 10.2. The van der Waals surface area contributed by atoms with E-state index in [1.807, 2.05) is 6.07 Å². The van der Waals surface area contributed by atoms with E-state index in [0.717, 1.165) is 0 Å². The van der Waals surface area contributed by atoms with E-state index >= 15 is 0 Å². The van der Waals surface area contributed by atoms with E-state index in [9.17, 15) is 9.90 Å². The van der Waals surface area contributed by atoms with Gasteiger partial charge in [0.2, 0.25) is 0 Å². The molecule has 0 aromatic heterocycles. The molecule has 1 N–H and O–H groups in total. The van der Waals surface area contributed by atoms with Gasteiger partial charge in [0, 0.05) is 5.56 Å². The van der Waals surface area contributed by atoms with Gasteiger partial charge in [-0.1, -0.05) is 53.5 Å². The predicted octanol–water partition coefficient (Wildman–Crippen LogP) is 3.93. The normalized spacial score (nSPS) is 10.2. The van der Waals surface area contributed by atoms with E-state index < -0.39 is 0 Å². The molecule has 0 saturated heterocycles. The third-order valence-corrected chi connectivity index (χ3v) is 3.14. The Morgan fingerprint density at radius 3 is 2.29 bits per heavy atom. The molecule has 0 heterocycles. The minimum absolute atomic E-state index is 0.00607. The van der Waals surface area contributed by atoms with E-state index in [0.29, 0.717) is 5.56 Å². The molecule has 0 unspecified atom stereocenters. The molecule has 0 fully saturated rings. The van der Waals surface area contributed by atoms with Crippen LogP contribution in [0.25, 0.3) is 0 Å². The smallest absolute Gasteiger partial charge is 0.196 e. The van der Waals surface area contributed by atoms with Crippen molar-refractivity contribution in [3.05, 3.63) is 63.6 Å². The number of ketones is 1. The topological polar surface area (TPSA) is 37.3 Å². The monoisotopic (exact) mass is 266 g/mol. The molecule has 86 valence electrons. The first-order chi connectivity index (χ1) is 8.11. The number of phenolic OH excluding ortho intramolecular Hbond substituents is 1. The SMILES string of the molecule is O=C(c1ccccc1)c1ccc(Cl)c(Cl)c1O. The molecule has 17 heavy (non-hydrogen) atoms. The summed E-state index contributed by atoms with van der Waals surface area (Å²) in [4.78, 5) is 12.1. The second-order valence-electron chi connectivity index (χ2n) is 3.45. The molecule has 0 radical (unpaired) electrons. The van der Waals surface area contributed by atoms with Gasteiger partial charge in [0.15, 0.2) is 5.78 Å². The van der Waals surface area contributed by atoms with Crippen LogP contribution in [0, 0.1) is 0 Å². The Labute approximate surface area is 108 Å². The van der Waals surface area contributed by atoms with Crippen LogP contribution in [0.1, 0.15) is 15.9 Å². The summed E-state index contributed by atoms with van der Waals surface area (Å²) < 4.78 is 0. The van der Waals surface area contributed by atoms with Gasteiger partial charge in [-0.25, -0.2) is 0 Å². The van der Waals surface area contributed by atoms with Crippen molar-refractivity contribution in [3.63, 3.8) is 0 Å². The van der Waals surface area contributed by atoms with Crippen LogP contribution in [0.5, 0.6) is 5.75 Å². The van der Waals surface area contributed by atoms with Crippen LogP contribution in [-0.4, -0.2) is 10.9 Å². The Hall–Kier alpha value is -1.51. The van der Waals surface area contributed by atoms with E-state index in [2.05, 4.69) is 0 Å². The fourth-order valence-corrected chi connectivity index (χ4v) is 1.79. The molecular weight excluding hydrogens is 259 g/mol. The van der Waals surface area contributed by atoms with Crippen LogP contribution < -0.4 is 0 Å². The highest BCUT2D eigenvalue weighted by Gasteiger charge is 2.17. The lowest BCUT2D eigenvalue weighted by atomic mass is 10.0. The van der Waals surface area contributed by atoms with Crippen LogP contribution in [0.3, 0.4) is 0 Å². The van der Waals surface area contributed by atoms with Crippen molar-refractivity contribution in [2.24, 2.45) is 0 Å². The van der Waals surface area contributed by atoms with Crippen molar-refractivity contribution in [2.45, 2.75) is 0 Å². The second kappa shape index (κ2) is 4.78. The van der Waals surface area contributed by atoms with E-state index in [4.69, 9.17) is 23.2 Å². The maximum absolute atomic E-state index is 12.1. The summed E-state index contributed by atoms with van der Waals surface area (Å²) in [6.45, 7) is 0. The molecule has 2 rings (SSSR count). The summed E-state index contributed by atoms with van der Waals surface area (Å²) in [5, 5.41) is 9.98. The molecule has 2 nitrogen and oxygen atoms in total. The molecule has 0 aliphatic rings. The van der Waals surface area contributed by atoms with Crippen molar-refractivity contribution in [1.82, 2.24) is 0 Å². The molecule has 0 aliphatic carbocycles. The van der Waals surface area contributed by atoms with E-state index in [1.54, 1.807) is 24.3 Å². The minimum atomic E-state index is -0.290. The fourth-order valence-electron chi connectivity index (χ4n) is 1.47. The highest BCUT2D eigenvalue weighted by Crippen LogP contribution is 2.34. The number of aromatic hydroxyl groups is 1. The third-order valence-electron chi connectivity index (χ3n) is 2.35. The van der Waals surface area contributed by atoms with Gasteiger partial charge in [-0.2, -0.15) is 0 Å². The molecule has 0 bridgehead atoms. The van der Waals surface area contributed by atoms with Crippen LogP contribution in [0.4, 0.5) is 0 Å². The molecule has 2 aromatic rings. The molecule has 0 atom stereocenters. The Kier molecular flexibility index (Phi) is 3.36. The quantitative estimate of drug-likeness (QED) is 0.837. The summed E-state index contributed by atoms with van der Waals surface area (Å²) >= 11 is 11.5. The van der Waals surface area contributed by atoms with Gasteiger partial charge in [-0.15, -0.1) is 0 Å². The van der Waals surface area contributed by atoms with Crippen molar-refractivity contribution < 1.29 is 9.90 Å². The Morgan fingerprint density at radius 2 is 1.65 bits per heavy atom. The predicted molar refractivity (Wildman–Crippen MR) is 68.0 cm³/mol. The number of carbonyl (C=O) groups is 1. The standard InChI is InChI=1S/C13H8Cl2O2/c14-10-7-6-9(13(17)11(10)15)12(16)8-4-2-1-3-5-8/h1-7,17H. The van der Waals surface area contributed by atoms with E-state index in [-0.39, 0.29) is 27.1 Å². The maximum atomic E-state index is 12.1. The molecule has 2 aromatic carbocycles. The number of hydrogen-bond acceptors (Lipinski definition) is 2. The average molecular weight is 267 g/mol. The van der Waals surface area contributed by atoms with E-state index in [1.165, 1.54) is 12.1 Å². The van der Waals surface area contributed by atoms with Crippen LogP contribution in [0.15, 0.2) is 42.5 Å². The number of halogens is 2. The highest BCUT2D eigenvalue weighted by molar-refractivity contribution is 6.43. The van der Waals surface area contributed by atoms with Gasteiger partial charge in [0.25, 0.3) is 0 Å². The molecule has 0 amide bonds. The van der Waals surface area contributed by atoms with Gasteiger partial charge in [-0.05, 0) is 12.1 Å². The van der Waals surface area contributed by atoms with Crippen molar-refractivity contribution >= 4 is 29.0 Å². The molecule has 0 saturated carbocycles. The summed E-state index contributed by atoms with van der Waals surface area (Å²) in [7, 11) is 0. The summed E-state index contributed by atoms with van der Waals surface area (Å²) in [5.41, 5.74) is 0.631. The first-order valence-electron chi connectivity index (χ1n) is 4.88. The van der Waals surface area contributed by atoms with Gasteiger partial charge in [0.05, 0.1) is 10.6 Å². The second-order valence-corrected chi connectivity index (χ2v) is 4.24. The lowest BCUT2D eigenvalue weighted by molar-refractivity contribution is 0.103. The van der Waals surface area contributed by atoms with Crippen molar-refractivity contribution in [1.29, 1.82) is 0 Å². The minimum Gasteiger partial charge on any atom is -0.506 e. The fraction of sp³-hybridized carbons (Fsp3) is 0. The molecule has 0 aliphatic heterocycles. The lowest BCUT2D eigenvalue weighted by Gasteiger charge is -2.06. The maximum Gasteiger partial charge on any atom is 0.196 e. The van der Waals surface area contributed by atoms with Gasteiger partial charge in [-0.3, -0.25) is 4.79 Å². The average Bonchev–Trinajstić information content (AvgIpc) is 2.36. The van der Waals surface area contributed by atoms with Crippen LogP contribution in [-0.2, 0) is 0 Å². The first-order valence-corrected chi connectivity index (χ1v) is 5.63. The molecule has 0 spiro atoms. The zero-order chi connectivity index (χ0) is 12.4. The summed E-state index contributed by atoms with van der Waals surface area (Å²) in [5.74, 6) is -0.574. The molecular formula is C13H8Cl2O2. The number of hydrogen-bond donors (Lipinski definition) is 1. The zero-order valence-electron chi connectivity index (χ0n) is 8.65. The van der Waals surface area contributed by atoms with Crippen LogP contribution >= 0.6 is 23.2 Å². The lowest BCUT2D eigenvalue weighted by Crippen LogP contribution is -2.01. The molecule has 4 heteroatoms. The van der Waals surface area contributed by atoms with Gasteiger partial charge < -0.3 is 5.11 Å². The first kappa shape index (κ1) is 12.0. The van der Waals surface area contributed by atoms with Crippen molar-refractivity contribution in [2.75, 3.05) is 0 Å². The summed E-state index contributed by atoms with van der Waals surface area (Å²) in [6.07, 6.45) is 0. The Bertz CT molecular complexity index is 565. The Morgan fingerprint density at radius 1 is 1.00 bits per heavy atom. The largest absolute Gasteiger partial charge is 0.506 e. The Balaban J connectivity index is 2.49. The van der Waals surface area contributed by atoms with Crippen LogP contribution in [0.2, 0.25) is 10.0 Å². The number of carbonyl (C=O) groups excluding carboxylic acids is 1. The summed E-state index contributed by atoms with van der Waals surface area (Å²) in [6, 6.07) is 11.6.